The summed E-state index contributed by atoms with van der Waals surface area (Å²) in [5, 5.41) is 5.66. The van der Waals surface area contributed by atoms with Crippen molar-refractivity contribution in [2.24, 2.45) is 0 Å². The fraction of sp³-hybridized carbons (Fsp3) is 0. The second-order valence-corrected chi connectivity index (χ2v) is 10.8. The van der Waals surface area contributed by atoms with Gasteiger partial charge in [0.15, 0.2) is 0 Å². The number of para-hydroxylation sites is 2. The van der Waals surface area contributed by atoms with E-state index in [0.717, 1.165) is 70.9 Å². The van der Waals surface area contributed by atoms with Gasteiger partial charge in [-0.25, -0.2) is 0 Å². The molecule has 3 heteroatoms. The quantitative estimate of drug-likeness (QED) is 0.187. The number of nitrogens with zero attached hydrogens (tertiary/aromatic N) is 1. The van der Waals surface area contributed by atoms with Crippen molar-refractivity contribution in [3.05, 3.63) is 162 Å². The van der Waals surface area contributed by atoms with Crippen molar-refractivity contribution < 1.29 is 0 Å². The van der Waals surface area contributed by atoms with E-state index in [1.54, 1.807) is 0 Å². The molecule has 0 aliphatic rings. The van der Waals surface area contributed by atoms with E-state index in [4.69, 9.17) is 23.2 Å². The van der Waals surface area contributed by atoms with Crippen LogP contribution in [0, 0.1) is 0 Å². The number of anilines is 3. The van der Waals surface area contributed by atoms with E-state index < -0.39 is 0 Å². The second kappa shape index (κ2) is 10.8. The first kappa shape index (κ1) is 25.4. The molecule has 0 aliphatic carbocycles. The third-order valence-electron chi connectivity index (χ3n) is 7.57. The molecule has 0 spiro atoms. The van der Waals surface area contributed by atoms with Gasteiger partial charge in [0.2, 0.25) is 0 Å². The van der Waals surface area contributed by atoms with Gasteiger partial charge < -0.3 is 4.90 Å². The van der Waals surface area contributed by atoms with E-state index in [-0.39, 0.29) is 0 Å². The molecule has 7 rings (SSSR count). The van der Waals surface area contributed by atoms with Gasteiger partial charge in [-0.1, -0.05) is 126 Å². The molecule has 0 fully saturated rings. The van der Waals surface area contributed by atoms with Crippen LogP contribution in [0.2, 0.25) is 10.0 Å². The van der Waals surface area contributed by atoms with Crippen LogP contribution in [0.15, 0.2) is 152 Å². The average Bonchev–Trinajstić information content (AvgIpc) is 3.02. The molecule has 196 valence electrons. The molecule has 0 bridgehead atoms. The predicted molar refractivity (Wildman–Crippen MR) is 177 cm³/mol. The Morgan fingerprint density at radius 3 is 1.20 bits per heavy atom. The maximum absolute atomic E-state index is 7.01. The van der Waals surface area contributed by atoms with E-state index in [9.17, 15) is 0 Å². The number of rotatable bonds is 5. The fourth-order valence-electron chi connectivity index (χ4n) is 5.83. The van der Waals surface area contributed by atoms with Crippen LogP contribution in [0.4, 0.5) is 17.1 Å². The molecule has 7 aromatic carbocycles. The molecular formula is C38H25Cl2N. The Balaban J connectivity index is 1.48. The Kier molecular flexibility index (Phi) is 6.68. The molecule has 7 aromatic rings. The summed E-state index contributed by atoms with van der Waals surface area (Å²) in [7, 11) is 0. The zero-order valence-corrected chi connectivity index (χ0v) is 23.6. The molecule has 0 N–H and O–H groups in total. The third kappa shape index (κ3) is 4.54. The topological polar surface area (TPSA) is 3.24 Å². The Hall–Kier alpha value is -4.56. The highest BCUT2D eigenvalue weighted by atomic mass is 35.5. The van der Waals surface area contributed by atoms with Gasteiger partial charge in [0.1, 0.15) is 0 Å². The summed E-state index contributed by atoms with van der Waals surface area (Å²) in [5.74, 6) is 0. The van der Waals surface area contributed by atoms with Gasteiger partial charge >= 0.3 is 0 Å². The molecule has 0 radical (unpaired) electrons. The largest absolute Gasteiger partial charge is 0.311 e. The highest BCUT2D eigenvalue weighted by Crippen LogP contribution is 2.48. The number of halogens is 2. The van der Waals surface area contributed by atoms with Gasteiger partial charge in [0.25, 0.3) is 0 Å². The van der Waals surface area contributed by atoms with Crippen LogP contribution in [-0.4, -0.2) is 0 Å². The normalized spacial score (nSPS) is 11.2. The van der Waals surface area contributed by atoms with Crippen molar-refractivity contribution in [1.82, 2.24) is 0 Å². The van der Waals surface area contributed by atoms with Crippen molar-refractivity contribution in [3.8, 4) is 22.3 Å². The Morgan fingerprint density at radius 1 is 0.341 bits per heavy atom. The lowest BCUT2D eigenvalue weighted by Gasteiger charge is -2.26. The number of benzene rings is 7. The minimum atomic E-state index is 0.718. The minimum Gasteiger partial charge on any atom is -0.311 e. The van der Waals surface area contributed by atoms with Crippen molar-refractivity contribution in [2.45, 2.75) is 0 Å². The van der Waals surface area contributed by atoms with Crippen molar-refractivity contribution in [2.75, 3.05) is 4.90 Å². The SMILES string of the molecule is Clc1cccc2c(-c3ccc(N(c4ccccc4)c4ccccc4)cc3)c3c(Cl)cccc3c(-c3ccccc3)c12. The van der Waals surface area contributed by atoms with Gasteiger partial charge in [-0.05, 0) is 81.6 Å². The summed E-state index contributed by atoms with van der Waals surface area (Å²) in [6.45, 7) is 0. The first-order valence-corrected chi connectivity index (χ1v) is 14.3. The van der Waals surface area contributed by atoms with Crippen LogP contribution in [0.5, 0.6) is 0 Å². The summed E-state index contributed by atoms with van der Waals surface area (Å²) in [6.07, 6.45) is 0. The third-order valence-corrected chi connectivity index (χ3v) is 8.20. The lowest BCUT2D eigenvalue weighted by atomic mass is 9.86. The second-order valence-electron chi connectivity index (χ2n) is 9.99. The smallest absolute Gasteiger partial charge is 0.0491 e. The zero-order chi connectivity index (χ0) is 27.8. The van der Waals surface area contributed by atoms with Crippen LogP contribution in [-0.2, 0) is 0 Å². The van der Waals surface area contributed by atoms with Crippen LogP contribution < -0.4 is 4.90 Å². The number of hydrogen-bond donors (Lipinski definition) is 0. The van der Waals surface area contributed by atoms with Gasteiger partial charge in [-0.3, -0.25) is 0 Å². The van der Waals surface area contributed by atoms with Gasteiger partial charge in [-0.2, -0.15) is 0 Å². The zero-order valence-electron chi connectivity index (χ0n) is 22.1. The van der Waals surface area contributed by atoms with Crippen molar-refractivity contribution >= 4 is 61.8 Å². The van der Waals surface area contributed by atoms with Crippen LogP contribution >= 0.6 is 23.2 Å². The monoisotopic (exact) mass is 565 g/mol. The summed E-state index contributed by atoms with van der Waals surface area (Å²) in [5.41, 5.74) is 7.66. The van der Waals surface area contributed by atoms with Crippen molar-refractivity contribution in [1.29, 1.82) is 0 Å². The van der Waals surface area contributed by atoms with Crippen LogP contribution in [0.1, 0.15) is 0 Å². The Labute approximate surface area is 249 Å². The standard InChI is InChI=1S/C38H25Cl2N/c39-33-20-11-19-32-36(38-31(18-10-21-34(38)40)35(37(32)33)26-12-4-1-5-13-26)27-22-24-30(25-23-27)41(28-14-6-2-7-15-28)29-16-8-3-9-17-29/h1-25H. The summed E-state index contributed by atoms with van der Waals surface area (Å²) >= 11 is 14.0. The first-order valence-electron chi connectivity index (χ1n) is 13.6. The Morgan fingerprint density at radius 2 is 0.732 bits per heavy atom. The lowest BCUT2D eigenvalue weighted by Crippen LogP contribution is -2.09. The molecule has 0 atom stereocenters. The molecule has 0 unspecified atom stereocenters. The van der Waals surface area contributed by atoms with Crippen LogP contribution in [0.25, 0.3) is 43.8 Å². The van der Waals surface area contributed by atoms with E-state index in [2.05, 4.69) is 114 Å². The van der Waals surface area contributed by atoms with Gasteiger partial charge in [-0.15, -0.1) is 0 Å². The molecule has 0 saturated heterocycles. The molecule has 0 saturated carbocycles. The average molecular weight is 567 g/mol. The maximum Gasteiger partial charge on any atom is 0.0491 e. The highest BCUT2D eigenvalue weighted by Gasteiger charge is 2.20. The summed E-state index contributed by atoms with van der Waals surface area (Å²) in [6, 6.07) is 52.3. The van der Waals surface area contributed by atoms with E-state index in [1.165, 1.54) is 0 Å². The van der Waals surface area contributed by atoms with E-state index >= 15 is 0 Å². The van der Waals surface area contributed by atoms with Crippen LogP contribution in [0.3, 0.4) is 0 Å². The minimum absolute atomic E-state index is 0.718. The lowest BCUT2D eigenvalue weighted by molar-refractivity contribution is 1.28. The van der Waals surface area contributed by atoms with Gasteiger partial charge in [0.05, 0.1) is 0 Å². The molecule has 0 aliphatic heterocycles. The van der Waals surface area contributed by atoms with Crippen molar-refractivity contribution in [3.63, 3.8) is 0 Å². The van der Waals surface area contributed by atoms with E-state index in [1.807, 2.05) is 42.5 Å². The first-order chi connectivity index (χ1) is 20.2. The highest BCUT2D eigenvalue weighted by molar-refractivity contribution is 6.42. The summed E-state index contributed by atoms with van der Waals surface area (Å²) < 4.78 is 0. The molecule has 0 aromatic heterocycles. The van der Waals surface area contributed by atoms with Gasteiger partial charge in [0, 0.05) is 37.9 Å². The molecule has 1 nitrogen and oxygen atoms in total. The molecule has 0 amide bonds. The maximum atomic E-state index is 7.01. The number of hydrogen-bond acceptors (Lipinski definition) is 1. The predicted octanol–water partition coefficient (Wildman–Crippen LogP) is 12.1. The van der Waals surface area contributed by atoms with E-state index in [0.29, 0.717) is 0 Å². The molecule has 41 heavy (non-hydrogen) atoms. The molecule has 0 heterocycles. The summed E-state index contributed by atoms with van der Waals surface area (Å²) in [4.78, 5) is 2.27. The fourth-order valence-corrected chi connectivity index (χ4v) is 6.36. The number of fused-ring (bicyclic) bond motifs is 2. The Bertz CT molecular complexity index is 1950. The molecular weight excluding hydrogens is 541 g/mol.